The lowest BCUT2D eigenvalue weighted by Gasteiger charge is -2.35. The highest BCUT2D eigenvalue weighted by Crippen LogP contribution is 2.24. The summed E-state index contributed by atoms with van der Waals surface area (Å²) in [5.41, 5.74) is -0.800. The summed E-state index contributed by atoms with van der Waals surface area (Å²) in [5, 5.41) is 0. The average molecular weight is 216 g/mol. The number of carbonyl (C=O) groups is 2. The lowest BCUT2D eigenvalue weighted by molar-refractivity contribution is -0.183. The van der Waals surface area contributed by atoms with Gasteiger partial charge in [-0.15, -0.1) is 0 Å². The van der Waals surface area contributed by atoms with Crippen molar-refractivity contribution in [2.75, 3.05) is 0 Å². The fourth-order valence-electron chi connectivity index (χ4n) is 1.69. The Morgan fingerprint density at radius 1 is 1.07 bits per heavy atom. The molecule has 0 aromatic rings. The van der Waals surface area contributed by atoms with E-state index in [1.807, 2.05) is 13.8 Å². The van der Waals surface area contributed by atoms with Crippen molar-refractivity contribution >= 4 is 11.9 Å². The van der Waals surface area contributed by atoms with Gasteiger partial charge in [0.1, 0.15) is 11.7 Å². The van der Waals surface area contributed by atoms with Gasteiger partial charge in [-0.1, -0.05) is 13.8 Å². The van der Waals surface area contributed by atoms with Crippen LogP contribution < -0.4 is 0 Å². The second-order valence-corrected chi connectivity index (χ2v) is 4.47. The number of ether oxygens (including phenoxy) is 2. The first-order chi connectivity index (χ1) is 6.66. The zero-order valence-electron chi connectivity index (χ0n) is 10.3. The summed E-state index contributed by atoms with van der Waals surface area (Å²) in [6.07, 6.45) is -0.432. The van der Waals surface area contributed by atoms with Crippen LogP contribution in [0.2, 0.25) is 0 Å². The molecule has 0 amide bonds. The normalized spacial score (nSPS) is 13.5. The number of rotatable bonds is 4. The molecule has 0 aliphatic carbocycles. The molecule has 0 bridgehead atoms. The van der Waals surface area contributed by atoms with Crippen LogP contribution in [0.3, 0.4) is 0 Å². The first-order valence-electron chi connectivity index (χ1n) is 5.03. The lowest BCUT2D eigenvalue weighted by Crippen LogP contribution is -2.46. The largest absolute Gasteiger partial charge is 0.458 e. The molecular weight excluding hydrogens is 196 g/mol. The predicted octanol–water partition coefficient (Wildman–Crippen LogP) is 1.92. The van der Waals surface area contributed by atoms with E-state index in [4.69, 9.17) is 9.47 Å². The van der Waals surface area contributed by atoms with E-state index in [0.29, 0.717) is 0 Å². The number of carbonyl (C=O) groups excluding carboxylic acids is 2. The Hall–Kier alpha value is -1.06. The van der Waals surface area contributed by atoms with Crippen LogP contribution >= 0.6 is 0 Å². The summed E-state index contributed by atoms with van der Waals surface area (Å²) >= 11 is 0. The van der Waals surface area contributed by atoms with Crippen LogP contribution in [-0.2, 0) is 19.1 Å². The first kappa shape index (κ1) is 13.9. The molecule has 4 nitrogen and oxygen atoms in total. The monoisotopic (exact) mass is 216 g/mol. The molecule has 0 fully saturated rings. The van der Waals surface area contributed by atoms with Crippen LogP contribution in [0.1, 0.15) is 41.5 Å². The molecule has 0 spiro atoms. The Morgan fingerprint density at radius 2 is 1.53 bits per heavy atom. The summed E-state index contributed by atoms with van der Waals surface area (Å²) in [5.74, 6) is -0.657. The molecule has 0 saturated heterocycles. The molecule has 0 N–H and O–H groups in total. The minimum Gasteiger partial charge on any atom is -0.458 e. The van der Waals surface area contributed by atoms with Crippen molar-refractivity contribution in [1.82, 2.24) is 0 Å². The van der Waals surface area contributed by atoms with Crippen LogP contribution in [0, 0.1) is 5.92 Å². The Morgan fingerprint density at radius 3 is 1.80 bits per heavy atom. The predicted molar refractivity (Wildman–Crippen MR) is 56.2 cm³/mol. The molecule has 0 aliphatic rings. The van der Waals surface area contributed by atoms with Crippen LogP contribution in [0.4, 0.5) is 0 Å². The molecule has 1 unspecified atom stereocenters. The number of hydrogen-bond acceptors (Lipinski definition) is 4. The van der Waals surface area contributed by atoms with E-state index in [2.05, 4.69) is 0 Å². The van der Waals surface area contributed by atoms with Crippen molar-refractivity contribution in [3.05, 3.63) is 0 Å². The third kappa shape index (κ3) is 4.81. The van der Waals surface area contributed by atoms with E-state index in [9.17, 15) is 9.59 Å². The molecule has 15 heavy (non-hydrogen) atoms. The highest BCUT2D eigenvalue weighted by Gasteiger charge is 2.37. The van der Waals surface area contributed by atoms with Gasteiger partial charge in [-0.2, -0.15) is 0 Å². The van der Waals surface area contributed by atoms with E-state index in [0.717, 1.165) is 0 Å². The maximum atomic E-state index is 10.9. The van der Waals surface area contributed by atoms with Gasteiger partial charge < -0.3 is 9.47 Å². The topological polar surface area (TPSA) is 52.6 Å². The standard InChI is InChI=1S/C11H20O4/c1-7(2)10(14-8(3)12)11(5,6)15-9(4)13/h7,10H,1-6H3. The summed E-state index contributed by atoms with van der Waals surface area (Å²) in [4.78, 5) is 21.8. The average Bonchev–Trinajstić information content (AvgIpc) is 1.96. The summed E-state index contributed by atoms with van der Waals surface area (Å²) < 4.78 is 10.3. The molecule has 0 saturated carbocycles. The van der Waals surface area contributed by atoms with E-state index in [1.54, 1.807) is 13.8 Å². The number of esters is 2. The fourth-order valence-corrected chi connectivity index (χ4v) is 1.69. The molecule has 0 aromatic heterocycles. The molecule has 0 radical (unpaired) electrons. The number of hydrogen-bond donors (Lipinski definition) is 0. The molecule has 0 heterocycles. The second kappa shape index (κ2) is 5.14. The first-order valence-corrected chi connectivity index (χ1v) is 5.03. The Bertz CT molecular complexity index is 243. The van der Waals surface area contributed by atoms with E-state index in [-0.39, 0.29) is 17.9 Å². The summed E-state index contributed by atoms with van der Waals surface area (Å²) in [6.45, 7) is 9.99. The minimum absolute atomic E-state index is 0.0863. The quantitative estimate of drug-likeness (QED) is 0.674. The van der Waals surface area contributed by atoms with Gasteiger partial charge in [0, 0.05) is 13.8 Å². The second-order valence-electron chi connectivity index (χ2n) is 4.47. The SMILES string of the molecule is CC(=O)OC(C(C)C)C(C)(C)OC(C)=O. The van der Waals surface area contributed by atoms with Crippen molar-refractivity contribution in [3.63, 3.8) is 0 Å². The van der Waals surface area contributed by atoms with Gasteiger partial charge in [0.05, 0.1) is 0 Å². The maximum absolute atomic E-state index is 10.9. The van der Waals surface area contributed by atoms with Gasteiger partial charge in [-0.3, -0.25) is 9.59 Å². The van der Waals surface area contributed by atoms with Crippen molar-refractivity contribution < 1.29 is 19.1 Å². The van der Waals surface area contributed by atoms with Gasteiger partial charge in [0.2, 0.25) is 0 Å². The van der Waals surface area contributed by atoms with Gasteiger partial charge in [-0.25, -0.2) is 0 Å². The van der Waals surface area contributed by atoms with E-state index < -0.39 is 11.7 Å². The van der Waals surface area contributed by atoms with Crippen LogP contribution in [-0.4, -0.2) is 23.6 Å². The van der Waals surface area contributed by atoms with Crippen LogP contribution in [0.25, 0.3) is 0 Å². The molecular formula is C11H20O4. The summed E-state index contributed by atoms with van der Waals surface area (Å²) in [6, 6.07) is 0. The lowest BCUT2D eigenvalue weighted by atomic mass is 9.91. The van der Waals surface area contributed by atoms with Crippen molar-refractivity contribution in [1.29, 1.82) is 0 Å². The third-order valence-electron chi connectivity index (χ3n) is 1.99. The molecule has 0 aliphatic heterocycles. The Labute approximate surface area is 90.9 Å². The van der Waals surface area contributed by atoms with Crippen LogP contribution in [0.15, 0.2) is 0 Å². The van der Waals surface area contributed by atoms with Crippen molar-refractivity contribution in [2.24, 2.45) is 5.92 Å². The van der Waals surface area contributed by atoms with Crippen molar-refractivity contribution in [2.45, 2.75) is 53.2 Å². The van der Waals surface area contributed by atoms with Crippen molar-refractivity contribution in [3.8, 4) is 0 Å². The molecule has 0 rings (SSSR count). The maximum Gasteiger partial charge on any atom is 0.303 e. The Kier molecular flexibility index (Phi) is 4.78. The van der Waals surface area contributed by atoms with Crippen LogP contribution in [0.5, 0.6) is 0 Å². The van der Waals surface area contributed by atoms with Gasteiger partial charge >= 0.3 is 11.9 Å². The molecule has 88 valence electrons. The highest BCUT2D eigenvalue weighted by molar-refractivity contribution is 5.67. The van der Waals surface area contributed by atoms with Gasteiger partial charge in [0.15, 0.2) is 0 Å². The molecule has 1 atom stereocenters. The molecule has 4 heteroatoms. The highest BCUT2D eigenvalue weighted by atomic mass is 16.6. The third-order valence-corrected chi connectivity index (χ3v) is 1.99. The Balaban J connectivity index is 4.72. The molecule has 0 aromatic carbocycles. The fraction of sp³-hybridized carbons (Fsp3) is 0.818. The minimum atomic E-state index is -0.800. The zero-order valence-corrected chi connectivity index (χ0v) is 10.3. The van der Waals surface area contributed by atoms with E-state index >= 15 is 0 Å². The van der Waals surface area contributed by atoms with Gasteiger partial charge in [-0.05, 0) is 19.8 Å². The van der Waals surface area contributed by atoms with Gasteiger partial charge in [0.25, 0.3) is 0 Å². The van der Waals surface area contributed by atoms with E-state index in [1.165, 1.54) is 13.8 Å². The summed E-state index contributed by atoms with van der Waals surface area (Å²) in [7, 11) is 0. The smallest absolute Gasteiger partial charge is 0.303 e. The zero-order chi connectivity index (χ0) is 12.2.